The number of ether oxygens (including phenoxy) is 4. The number of carbonyl (C=O) groups excluding carboxylic acids is 7. The lowest BCUT2D eigenvalue weighted by molar-refractivity contribution is -0.145. The number of nitrogens with one attached hydrogen (secondary N) is 5. The van der Waals surface area contributed by atoms with Gasteiger partial charge in [0, 0.05) is 64.1 Å². The summed E-state index contributed by atoms with van der Waals surface area (Å²) in [4.78, 5) is 131. The Hall–Kier alpha value is -5.63. The van der Waals surface area contributed by atoms with Gasteiger partial charge in [-0.3, -0.25) is 43.2 Å². The Kier molecular flexibility index (Phi) is 45.9. The topological polar surface area (TPSA) is 386 Å². The summed E-state index contributed by atoms with van der Waals surface area (Å²) >= 11 is 0. The van der Waals surface area contributed by atoms with Crippen LogP contribution < -0.4 is 26.6 Å². The van der Waals surface area contributed by atoms with Crippen molar-refractivity contribution in [1.29, 1.82) is 0 Å². The molecule has 0 aromatic heterocycles. The van der Waals surface area contributed by atoms with E-state index in [1.165, 1.54) is 32.1 Å². The Morgan fingerprint density at radius 1 is 0.392 bits per heavy atom. The van der Waals surface area contributed by atoms with E-state index in [-0.39, 0.29) is 128 Å². The molecule has 0 aromatic rings. The van der Waals surface area contributed by atoms with Crippen molar-refractivity contribution in [2.75, 3.05) is 79.1 Å². The molecule has 79 heavy (non-hydrogen) atoms. The number of Topliss-reactive ketones (excluding diaryl/α,β-unsaturated/α-hetero) is 2. The first-order chi connectivity index (χ1) is 37.9. The summed E-state index contributed by atoms with van der Waals surface area (Å²) in [5.74, 6) is -9.32. The summed E-state index contributed by atoms with van der Waals surface area (Å²) in [6.45, 7) is 1.69. The van der Waals surface area contributed by atoms with E-state index in [4.69, 9.17) is 29.2 Å². The van der Waals surface area contributed by atoms with Gasteiger partial charge in [0.2, 0.25) is 29.5 Å². The molecule has 0 spiro atoms. The van der Waals surface area contributed by atoms with Gasteiger partial charge in [-0.25, -0.2) is 9.59 Å². The molecule has 0 unspecified atom stereocenters. The predicted molar refractivity (Wildman–Crippen MR) is 287 cm³/mol. The molecule has 0 aliphatic rings. The minimum atomic E-state index is -1.40. The van der Waals surface area contributed by atoms with E-state index >= 15 is 0 Å². The Bertz CT molecular complexity index is 1790. The summed E-state index contributed by atoms with van der Waals surface area (Å²) in [6.07, 6.45) is 15.4. The summed E-state index contributed by atoms with van der Waals surface area (Å²) in [7, 11) is 0. The molecule has 25 heteroatoms. The third kappa shape index (κ3) is 45.9. The van der Waals surface area contributed by atoms with Crippen LogP contribution in [-0.2, 0) is 71.7 Å². The molecule has 5 amide bonds. The second-order valence-corrected chi connectivity index (χ2v) is 19.6. The van der Waals surface area contributed by atoms with Gasteiger partial charge < -0.3 is 71.1 Å². The Balaban J connectivity index is 3.96. The summed E-state index contributed by atoms with van der Waals surface area (Å²) in [6, 6.07) is -2.58. The number of unbranched alkanes of at least 4 members (excludes halogenated alkanes) is 14. The summed E-state index contributed by atoms with van der Waals surface area (Å²) in [5, 5.41) is 58.9. The van der Waals surface area contributed by atoms with Crippen LogP contribution in [0.2, 0.25) is 0 Å². The van der Waals surface area contributed by atoms with Crippen LogP contribution in [0.3, 0.4) is 0 Å². The molecule has 0 aromatic carbocycles. The lowest BCUT2D eigenvalue weighted by Gasteiger charge is -2.16. The normalized spacial score (nSPS) is 12.6. The molecule has 454 valence electrons. The lowest BCUT2D eigenvalue weighted by atomic mass is 9.97. The number of carboxylic acids is 4. The number of aliphatic hydroxyl groups is 1. The summed E-state index contributed by atoms with van der Waals surface area (Å²) in [5.41, 5.74) is 0. The first-order valence-corrected chi connectivity index (χ1v) is 28.1. The molecule has 4 atom stereocenters. The number of ketones is 2. The molecule has 0 aliphatic carbocycles. The zero-order chi connectivity index (χ0) is 58.9. The fourth-order valence-electron chi connectivity index (χ4n) is 7.90. The molecule has 0 heterocycles. The van der Waals surface area contributed by atoms with Crippen molar-refractivity contribution in [3.63, 3.8) is 0 Å². The average molecular weight is 1130 g/mol. The molecule has 0 bridgehead atoms. The quantitative estimate of drug-likeness (QED) is 0.0391. The third-order valence-electron chi connectivity index (χ3n) is 12.6. The van der Waals surface area contributed by atoms with E-state index in [1.807, 2.05) is 0 Å². The van der Waals surface area contributed by atoms with E-state index in [1.54, 1.807) is 6.92 Å². The SMILES string of the molecule is C[C@@H](CCCCNC(=O)CC[C@H](NC(=O)CC[C@H](CC(=O)COCCOCCNC(=O)COCCOCCNC(=O)CC[C@H](NC(=O)CCCCCCCCCCCCCCCCC(=O)O)C(=O)O)C(=O)O)C(=O)O)C(=O)CO. The third-order valence-corrected chi connectivity index (χ3v) is 12.6. The molecular weight excluding hydrogens is 1040 g/mol. The van der Waals surface area contributed by atoms with Gasteiger partial charge in [-0.05, 0) is 44.9 Å². The van der Waals surface area contributed by atoms with Crippen LogP contribution in [0.25, 0.3) is 0 Å². The van der Waals surface area contributed by atoms with E-state index in [9.17, 15) is 68.1 Å². The fourth-order valence-corrected chi connectivity index (χ4v) is 7.90. The molecule has 0 saturated carbocycles. The van der Waals surface area contributed by atoms with E-state index < -0.39 is 90.9 Å². The van der Waals surface area contributed by atoms with E-state index in [0.717, 1.165) is 51.4 Å². The minimum absolute atomic E-state index is 0.00776. The molecule has 0 radical (unpaired) electrons. The molecule has 0 fully saturated rings. The highest BCUT2D eigenvalue weighted by Crippen LogP contribution is 2.16. The molecule has 0 aliphatic heterocycles. The highest BCUT2D eigenvalue weighted by molar-refractivity contribution is 5.87. The number of carbonyl (C=O) groups is 11. The number of aliphatic carboxylic acids is 4. The second kappa shape index (κ2) is 49.4. The lowest BCUT2D eigenvalue weighted by Crippen LogP contribution is -2.42. The second-order valence-electron chi connectivity index (χ2n) is 19.6. The maximum absolute atomic E-state index is 12.5. The highest BCUT2D eigenvalue weighted by Gasteiger charge is 2.26. The van der Waals surface area contributed by atoms with Crippen LogP contribution in [0, 0.1) is 11.8 Å². The van der Waals surface area contributed by atoms with Gasteiger partial charge >= 0.3 is 23.9 Å². The van der Waals surface area contributed by atoms with Crippen molar-refractivity contribution < 1.29 is 97.2 Å². The van der Waals surface area contributed by atoms with Crippen molar-refractivity contribution in [2.45, 2.75) is 186 Å². The summed E-state index contributed by atoms with van der Waals surface area (Å²) < 4.78 is 21.3. The van der Waals surface area contributed by atoms with Crippen molar-refractivity contribution in [1.82, 2.24) is 26.6 Å². The smallest absolute Gasteiger partial charge is 0.326 e. The first-order valence-electron chi connectivity index (χ1n) is 28.1. The standard InChI is InChI=1S/C54H93N5O20/c1-40(45(62)37-60)18-16-17-27-55-46(63)25-22-44(54(74)75)59-49(66)24-21-41(52(70)71)36-42(61)38-78-34-32-77-31-29-57-50(67)39-79-35-33-76-30-28-56-47(64)26-23-43(53(72)73)58-48(65)19-14-12-10-8-6-4-2-3-5-7-9-11-13-15-20-51(68)69/h40-41,43-44,60H,2-39H2,1H3,(H,55,63)(H,56,64)(H,57,67)(H,58,65)(H,59,66)(H,68,69)(H,70,71)(H,72,73)(H,74,75)/t40-,41+,43-,44-/m0/s1. The van der Waals surface area contributed by atoms with Crippen LogP contribution in [0.5, 0.6) is 0 Å². The van der Waals surface area contributed by atoms with Crippen LogP contribution in [0.15, 0.2) is 0 Å². The van der Waals surface area contributed by atoms with E-state index in [0.29, 0.717) is 32.2 Å². The zero-order valence-corrected chi connectivity index (χ0v) is 46.5. The number of carboxylic acid groups (broad SMARTS) is 4. The zero-order valence-electron chi connectivity index (χ0n) is 46.5. The van der Waals surface area contributed by atoms with Crippen molar-refractivity contribution in [2.24, 2.45) is 11.8 Å². The van der Waals surface area contributed by atoms with Crippen molar-refractivity contribution >= 4 is 65.0 Å². The fraction of sp³-hybridized carbons (Fsp3) is 0.796. The van der Waals surface area contributed by atoms with E-state index in [2.05, 4.69) is 26.6 Å². The van der Waals surface area contributed by atoms with Crippen LogP contribution in [0.4, 0.5) is 0 Å². The molecule has 10 N–H and O–H groups in total. The van der Waals surface area contributed by atoms with Gasteiger partial charge in [-0.2, -0.15) is 0 Å². The van der Waals surface area contributed by atoms with Gasteiger partial charge in [0.1, 0.15) is 31.9 Å². The number of hydrogen-bond donors (Lipinski definition) is 10. The number of aliphatic hydroxyl groups excluding tert-OH is 1. The molecule has 0 rings (SSSR count). The Morgan fingerprint density at radius 3 is 1.28 bits per heavy atom. The first kappa shape index (κ1) is 73.4. The monoisotopic (exact) mass is 1130 g/mol. The number of amides is 5. The maximum atomic E-state index is 12.5. The number of hydrogen-bond acceptors (Lipinski definition) is 16. The Morgan fingerprint density at radius 2 is 0.810 bits per heavy atom. The van der Waals surface area contributed by atoms with Crippen LogP contribution in [0.1, 0.15) is 174 Å². The van der Waals surface area contributed by atoms with Crippen molar-refractivity contribution in [3.05, 3.63) is 0 Å². The molecule has 25 nitrogen and oxygen atoms in total. The van der Waals surface area contributed by atoms with Gasteiger partial charge in [0.25, 0.3) is 0 Å². The highest BCUT2D eigenvalue weighted by atomic mass is 16.5. The predicted octanol–water partition coefficient (Wildman–Crippen LogP) is 3.23. The van der Waals surface area contributed by atoms with Crippen molar-refractivity contribution in [3.8, 4) is 0 Å². The van der Waals surface area contributed by atoms with Gasteiger partial charge in [0.05, 0.1) is 45.6 Å². The van der Waals surface area contributed by atoms with Gasteiger partial charge in [0.15, 0.2) is 11.6 Å². The minimum Gasteiger partial charge on any atom is -0.481 e. The largest absolute Gasteiger partial charge is 0.481 e. The maximum Gasteiger partial charge on any atom is 0.326 e. The van der Waals surface area contributed by atoms with Gasteiger partial charge in [-0.15, -0.1) is 0 Å². The molecular formula is C54H93N5O20. The van der Waals surface area contributed by atoms with Crippen LogP contribution >= 0.6 is 0 Å². The number of rotatable bonds is 56. The Labute approximate surface area is 464 Å². The average Bonchev–Trinajstić information content (AvgIpc) is 3.40. The van der Waals surface area contributed by atoms with Gasteiger partial charge in [-0.1, -0.05) is 90.4 Å². The molecule has 0 saturated heterocycles. The van der Waals surface area contributed by atoms with Crippen LogP contribution in [-0.4, -0.2) is 182 Å².